The molecule has 0 bridgehead atoms. The van der Waals surface area contributed by atoms with E-state index in [9.17, 15) is 23.1 Å². The Hall–Kier alpha value is -3.49. The van der Waals surface area contributed by atoms with Crippen LogP contribution in [0.4, 0.5) is 10.5 Å². The van der Waals surface area contributed by atoms with Crippen LogP contribution in [-0.2, 0) is 35.4 Å². The van der Waals surface area contributed by atoms with Gasteiger partial charge in [0, 0.05) is 43.6 Å². The summed E-state index contributed by atoms with van der Waals surface area (Å²) in [5.74, 6) is -0.386. The van der Waals surface area contributed by atoms with Crippen molar-refractivity contribution >= 4 is 33.3 Å². The third kappa shape index (κ3) is 8.34. The molecule has 2 unspecified atom stereocenters. The summed E-state index contributed by atoms with van der Waals surface area (Å²) in [6.45, 7) is 4.44. The first kappa shape index (κ1) is 36.3. The topological polar surface area (TPSA) is 147 Å². The molecule has 5 atom stereocenters. The van der Waals surface area contributed by atoms with Crippen LogP contribution in [0.1, 0.15) is 63.5 Å². The smallest absolute Gasteiger partial charge is 0.407 e. The van der Waals surface area contributed by atoms with E-state index >= 15 is 0 Å². The highest BCUT2D eigenvalue weighted by molar-refractivity contribution is 7.89. The molecule has 272 valence electrons. The van der Waals surface area contributed by atoms with Crippen molar-refractivity contribution in [1.82, 2.24) is 14.5 Å². The Morgan fingerprint density at radius 1 is 1.08 bits per heavy atom. The average Bonchev–Trinajstić information content (AvgIpc) is 3.80. The second kappa shape index (κ2) is 15.8. The van der Waals surface area contributed by atoms with Gasteiger partial charge in [-0.15, -0.1) is 0 Å². The van der Waals surface area contributed by atoms with Crippen LogP contribution in [0.15, 0.2) is 59.6 Å². The lowest BCUT2D eigenvalue weighted by molar-refractivity contribution is -0.110. The lowest BCUT2D eigenvalue weighted by Gasteiger charge is -2.31. The van der Waals surface area contributed by atoms with Crippen LogP contribution < -0.4 is 10.6 Å². The monoisotopic (exact) mass is 710 g/mol. The second-order valence-electron chi connectivity index (χ2n) is 14.4. The Morgan fingerprint density at radius 3 is 2.58 bits per heavy atom. The molecule has 2 amide bonds. The fourth-order valence-corrected chi connectivity index (χ4v) is 9.09. The van der Waals surface area contributed by atoms with Crippen LogP contribution >= 0.6 is 0 Å². The van der Waals surface area contributed by atoms with Crippen molar-refractivity contribution in [2.75, 3.05) is 38.7 Å². The molecule has 0 radical (unpaired) electrons. The van der Waals surface area contributed by atoms with E-state index < -0.39 is 34.4 Å². The standard InChI is InChI=1S/C37H50N4O8S/c1-24(2)20-41(50(45,46)27-14-15-31-29(19-27)30(35(43)38-31)21-40(3)26-12-8-5-9-13-26)22-33(42)32(18-25-10-6-4-7-11-25)39-37(44)49-34-23-48-36-28(34)16-17-47-36/h4,6-7,10-11,14-15,19,21,24,26,28,32-34,36,42H,5,8-9,12-13,16-18,20,22-23H2,1-3H3,(H,38,43)(H,39,44)/b30-21-/t28?,32-,33+,34-,36?/m0/s1. The minimum absolute atomic E-state index is 0.0216. The highest BCUT2D eigenvalue weighted by Gasteiger charge is 2.44. The zero-order valence-corrected chi connectivity index (χ0v) is 29.9. The zero-order chi connectivity index (χ0) is 35.4. The molecular weight excluding hydrogens is 660 g/mol. The van der Waals surface area contributed by atoms with Crippen molar-refractivity contribution in [3.05, 3.63) is 65.9 Å². The highest BCUT2D eigenvalue weighted by Crippen LogP contribution is 2.36. The van der Waals surface area contributed by atoms with Gasteiger partial charge in [-0.1, -0.05) is 63.4 Å². The number of anilines is 1. The van der Waals surface area contributed by atoms with E-state index in [0.717, 1.165) is 37.7 Å². The predicted octanol–water partition coefficient (Wildman–Crippen LogP) is 4.35. The van der Waals surface area contributed by atoms with Crippen molar-refractivity contribution < 1.29 is 37.3 Å². The number of fused-ring (bicyclic) bond motifs is 2. The van der Waals surface area contributed by atoms with Crippen molar-refractivity contribution in [2.24, 2.45) is 11.8 Å². The molecule has 1 saturated carbocycles. The molecule has 6 rings (SSSR count). The molecule has 12 nitrogen and oxygen atoms in total. The predicted molar refractivity (Wildman–Crippen MR) is 188 cm³/mol. The highest BCUT2D eigenvalue weighted by atomic mass is 32.2. The fraction of sp³-hybridized carbons (Fsp3) is 0.568. The van der Waals surface area contributed by atoms with E-state index in [1.807, 2.05) is 57.4 Å². The van der Waals surface area contributed by atoms with E-state index in [1.54, 1.807) is 12.1 Å². The number of sulfonamides is 1. The quantitative estimate of drug-likeness (QED) is 0.258. The van der Waals surface area contributed by atoms with E-state index in [0.29, 0.717) is 29.5 Å². The summed E-state index contributed by atoms with van der Waals surface area (Å²) < 4.78 is 46.8. The van der Waals surface area contributed by atoms with Gasteiger partial charge in [0.05, 0.1) is 41.7 Å². The van der Waals surface area contributed by atoms with Crippen molar-refractivity contribution in [3.8, 4) is 0 Å². The molecule has 3 N–H and O–H groups in total. The summed E-state index contributed by atoms with van der Waals surface area (Å²) in [6.07, 6.45) is 5.58. The van der Waals surface area contributed by atoms with E-state index in [1.165, 1.54) is 16.8 Å². The zero-order valence-electron chi connectivity index (χ0n) is 29.1. The Bertz CT molecular complexity index is 1650. The molecule has 1 aliphatic carbocycles. The molecule has 13 heteroatoms. The van der Waals surface area contributed by atoms with Crippen LogP contribution in [0, 0.1) is 11.8 Å². The largest absolute Gasteiger partial charge is 0.443 e. The summed E-state index contributed by atoms with van der Waals surface area (Å²) >= 11 is 0. The number of benzene rings is 2. The number of carbonyl (C=O) groups is 2. The number of aliphatic hydroxyl groups is 1. The Morgan fingerprint density at radius 2 is 1.84 bits per heavy atom. The summed E-state index contributed by atoms with van der Waals surface area (Å²) in [4.78, 5) is 28.4. The van der Waals surface area contributed by atoms with Crippen LogP contribution in [0.2, 0.25) is 0 Å². The number of carbonyl (C=O) groups excluding carboxylic acids is 2. The van der Waals surface area contributed by atoms with Gasteiger partial charge in [-0.05, 0) is 55.4 Å². The van der Waals surface area contributed by atoms with Gasteiger partial charge in [0.2, 0.25) is 10.0 Å². The molecule has 2 saturated heterocycles. The van der Waals surface area contributed by atoms with Crippen LogP contribution in [-0.4, -0.2) is 98.7 Å². The molecule has 50 heavy (non-hydrogen) atoms. The lowest BCUT2D eigenvalue weighted by Crippen LogP contribution is -2.51. The maximum absolute atomic E-state index is 14.3. The van der Waals surface area contributed by atoms with Crippen molar-refractivity contribution in [1.29, 1.82) is 0 Å². The van der Waals surface area contributed by atoms with Gasteiger partial charge in [0.1, 0.15) is 6.10 Å². The first-order valence-electron chi connectivity index (χ1n) is 17.8. The first-order chi connectivity index (χ1) is 24.0. The van der Waals surface area contributed by atoms with Crippen molar-refractivity contribution in [3.63, 3.8) is 0 Å². The molecule has 2 aromatic rings. The summed E-state index contributed by atoms with van der Waals surface area (Å²) in [5.41, 5.74) is 2.37. The maximum Gasteiger partial charge on any atom is 0.407 e. The normalized spacial score (nSPS) is 24.2. The molecule has 3 aliphatic heterocycles. The number of hydrogen-bond acceptors (Lipinski definition) is 9. The third-order valence-corrected chi connectivity index (χ3v) is 12.0. The molecule has 0 aromatic heterocycles. The molecule has 3 fully saturated rings. The summed E-state index contributed by atoms with van der Waals surface area (Å²) in [5, 5.41) is 17.4. The lowest BCUT2D eigenvalue weighted by atomic mass is 9.94. The molecule has 4 aliphatic rings. The van der Waals surface area contributed by atoms with Crippen molar-refractivity contribution in [2.45, 2.75) is 94.3 Å². The number of amides is 2. The number of ether oxygens (including phenoxy) is 3. The van der Waals surface area contributed by atoms with E-state index in [-0.39, 0.29) is 55.0 Å². The van der Waals surface area contributed by atoms with Crippen LogP contribution in [0.5, 0.6) is 0 Å². The number of rotatable bonds is 13. The van der Waals surface area contributed by atoms with Gasteiger partial charge >= 0.3 is 6.09 Å². The molecular formula is C37H50N4O8S. The Labute approximate surface area is 295 Å². The number of hydrogen-bond donors (Lipinski definition) is 3. The van der Waals surface area contributed by atoms with Gasteiger partial charge in [0.15, 0.2) is 6.29 Å². The number of nitrogens with one attached hydrogen (secondary N) is 2. The maximum atomic E-state index is 14.3. The van der Waals surface area contributed by atoms with E-state index in [2.05, 4.69) is 15.5 Å². The van der Waals surface area contributed by atoms with E-state index in [4.69, 9.17) is 14.2 Å². The fourth-order valence-electron chi connectivity index (χ4n) is 7.44. The van der Waals surface area contributed by atoms with Gasteiger partial charge < -0.3 is 34.9 Å². The Balaban J connectivity index is 1.22. The third-order valence-electron chi connectivity index (χ3n) is 10.2. The number of nitrogens with zero attached hydrogens (tertiary/aromatic N) is 2. The van der Waals surface area contributed by atoms with Crippen LogP contribution in [0.25, 0.3) is 5.57 Å². The first-order valence-corrected chi connectivity index (χ1v) is 19.3. The van der Waals surface area contributed by atoms with Gasteiger partial charge in [-0.25, -0.2) is 13.2 Å². The SMILES string of the molecule is CC(C)CN(C[C@@H](O)[C@H](Cc1ccccc1)NC(=O)O[C@H]1COC2OCCC21)S(=O)(=O)c1ccc2c(c1)/C(=C/N(C)C1CCCCC1)C(=O)N2. The van der Waals surface area contributed by atoms with Gasteiger partial charge in [-0.3, -0.25) is 4.79 Å². The second-order valence-corrected chi connectivity index (χ2v) is 16.3. The van der Waals surface area contributed by atoms with Gasteiger partial charge in [-0.2, -0.15) is 4.31 Å². The minimum Gasteiger partial charge on any atom is -0.443 e. The Kier molecular flexibility index (Phi) is 11.5. The summed E-state index contributed by atoms with van der Waals surface area (Å²) in [6, 6.07) is 13.5. The van der Waals surface area contributed by atoms with Crippen LogP contribution in [0.3, 0.4) is 0 Å². The minimum atomic E-state index is -4.15. The molecule has 2 aromatic carbocycles. The average molecular weight is 711 g/mol. The number of aliphatic hydroxyl groups excluding tert-OH is 1. The van der Waals surface area contributed by atoms with Gasteiger partial charge in [0.25, 0.3) is 5.91 Å². The molecule has 0 spiro atoms. The molecule has 3 heterocycles. The number of alkyl carbamates (subject to hydrolysis) is 1. The summed E-state index contributed by atoms with van der Waals surface area (Å²) in [7, 11) is -2.18.